The molecule has 3 aliphatic heterocycles. The van der Waals surface area contributed by atoms with Gasteiger partial charge in [-0.05, 0) is 38.6 Å². The Kier molecular flexibility index (Phi) is 6.99. The Bertz CT molecular complexity index is 562. The summed E-state index contributed by atoms with van der Waals surface area (Å²) in [6, 6.07) is 0. The van der Waals surface area contributed by atoms with Crippen LogP contribution in [0.15, 0.2) is 11.5 Å². The highest BCUT2D eigenvalue weighted by Crippen LogP contribution is 2.25. The van der Waals surface area contributed by atoms with Crippen LogP contribution in [0.2, 0.25) is 0 Å². The van der Waals surface area contributed by atoms with E-state index in [1.54, 1.807) is 6.92 Å². The normalized spacial score (nSPS) is 22.4. The highest BCUT2D eigenvalue weighted by molar-refractivity contribution is 5.92. The smallest absolute Gasteiger partial charge is 0.292 e. The first-order chi connectivity index (χ1) is 13.1. The van der Waals surface area contributed by atoms with Crippen molar-refractivity contribution in [3.63, 3.8) is 0 Å². The number of piperazine rings is 1. The van der Waals surface area contributed by atoms with E-state index < -0.39 is 0 Å². The van der Waals surface area contributed by atoms with Gasteiger partial charge < -0.3 is 24.2 Å². The number of hydrogen-bond acceptors (Lipinski definition) is 5. The van der Waals surface area contributed by atoms with Gasteiger partial charge >= 0.3 is 0 Å². The second kappa shape index (κ2) is 9.44. The Morgan fingerprint density at radius 1 is 0.963 bits per heavy atom. The van der Waals surface area contributed by atoms with Crippen molar-refractivity contribution in [1.82, 2.24) is 14.7 Å². The molecule has 2 amide bonds. The van der Waals surface area contributed by atoms with Gasteiger partial charge in [0, 0.05) is 45.7 Å². The van der Waals surface area contributed by atoms with E-state index in [0.717, 1.165) is 65.1 Å². The highest BCUT2D eigenvalue weighted by atomic mass is 16.6. The number of allylic oxidation sites excluding steroid dienone is 1. The van der Waals surface area contributed by atoms with Gasteiger partial charge in [0.25, 0.3) is 5.91 Å². The van der Waals surface area contributed by atoms with E-state index in [4.69, 9.17) is 9.47 Å². The third-order valence-electron chi connectivity index (χ3n) is 6.00. The van der Waals surface area contributed by atoms with Gasteiger partial charge in [-0.25, -0.2) is 0 Å². The second-order valence-corrected chi connectivity index (χ2v) is 7.67. The van der Waals surface area contributed by atoms with Crippen LogP contribution in [0.5, 0.6) is 0 Å². The minimum absolute atomic E-state index is 0.0597. The van der Waals surface area contributed by atoms with Crippen molar-refractivity contribution in [2.75, 3.05) is 59.0 Å². The first kappa shape index (κ1) is 20.0. The monoisotopic (exact) mass is 379 g/mol. The molecule has 0 aromatic heterocycles. The molecule has 0 aliphatic carbocycles. The van der Waals surface area contributed by atoms with E-state index in [0.29, 0.717) is 37.1 Å². The Morgan fingerprint density at radius 3 is 2.26 bits per heavy atom. The average Bonchev–Trinajstić information content (AvgIpc) is 2.72. The summed E-state index contributed by atoms with van der Waals surface area (Å²) in [5, 5.41) is 0. The molecule has 7 nitrogen and oxygen atoms in total. The van der Waals surface area contributed by atoms with Crippen molar-refractivity contribution in [1.29, 1.82) is 0 Å². The molecule has 3 aliphatic rings. The Labute approximate surface area is 162 Å². The van der Waals surface area contributed by atoms with Crippen LogP contribution in [0, 0.1) is 5.92 Å². The summed E-state index contributed by atoms with van der Waals surface area (Å²) in [4.78, 5) is 31.3. The zero-order chi connectivity index (χ0) is 19.2. The maximum atomic E-state index is 12.6. The predicted molar refractivity (Wildman–Crippen MR) is 102 cm³/mol. The van der Waals surface area contributed by atoms with Crippen LogP contribution < -0.4 is 0 Å². The van der Waals surface area contributed by atoms with Gasteiger partial charge in [0.1, 0.15) is 19.0 Å². The number of carbonyl (C=O) groups excluding carboxylic acids is 2. The van der Waals surface area contributed by atoms with E-state index >= 15 is 0 Å². The lowest BCUT2D eigenvalue weighted by Gasteiger charge is -2.35. The molecule has 0 aromatic carbocycles. The van der Waals surface area contributed by atoms with Crippen molar-refractivity contribution in [2.45, 2.75) is 39.5 Å². The molecule has 0 radical (unpaired) electrons. The molecule has 2 saturated heterocycles. The summed E-state index contributed by atoms with van der Waals surface area (Å²) >= 11 is 0. The van der Waals surface area contributed by atoms with E-state index in [-0.39, 0.29) is 11.8 Å². The molecule has 152 valence electrons. The summed E-state index contributed by atoms with van der Waals surface area (Å²) in [6.45, 7) is 11.1. The van der Waals surface area contributed by atoms with Crippen LogP contribution in [0.3, 0.4) is 0 Å². The van der Waals surface area contributed by atoms with E-state index in [1.807, 2.05) is 9.80 Å². The fourth-order valence-corrected chi connectivity index (χ4v) is 4.09. The molecule has 0 N–H and O–H groups in total. The fraction of sp³-hybridized carbons (Fsp3) is 0.800. The number of ether oxygens (including phenoxy) is 2. The zero-order valence-electron chi connectivity index (χ0n) is 16.7. The molecule has 0 saturated carbocycles. The van der Waals surface area contributed by atoms with E-state index in [1.165, 1.54) is 0 Å². The van der Waals surface area contributed by atoms with Crippen molar-refractivity contribution in [3.05, 3.63) is 11.5 Å². The Balaban J connectivity index is 1.38. The lowest BCUT2D eigenvalue weighted by atomic mass is 9.91. The summed E-state index contributed by atoms with van der Waals surface area (Å²) in [5.41, 5.74) is 0. The molecule has 0 spiro atoms. The van der Waals surface area contributed by atoms with Crippen LogP contribution in [-0.2, 0) is 19.1 Å². The molecular formula is C20H33N3O4. The summed E-state index contributed by atoms with van der Waals surface area (Å²) < 4.78 is 10.9. The minimum Gasteiger partial charge on any atom is -0.491 e. The number of likely N-dealkylation sites (tertiary alicyclic amines) is 1. The fourth-order valence-electron chi connectivity index (χ4n) is 4.09. The van der Waals surface area contributed by atoms with Crippen LogP contribution in [0.25, 0.3) is 0 Å². The van der Waals surface area contributed by atoms with Gasteiger partial charge in [-0.3, -0.25) is 9.59 Å². The van der Waals surface area contributed by atoms with Crippen molar-refractivity contribution in [2.24, 2.45) is 5.92 Å². The second-order valence-electron chi connectivity index (χ2n) is 7.67. The molecule has 3 heterocycles. The molecule has 3 rings (SSSR count). The van der Waals surface area contributed by atoms with Crippen LogP contribution >= 0.6 is 0 Å². The van der Waals surface area contributed by atoms with E-state index in [2.05, 4.69) is 11.8 Å². The summed E-state index contributed by atoms with van der Waals surface area (Å²) in [5.74, 6) is 1.70. The van der Waals surface area contributed by atoms with Gasteiger partial charge in [-0.1, -0.05) is 6.92 Å². The van der Waals surface area contributed by atoms with Crippen LogP contribution in [0.1, 0.15) is 39.5 Å². The third kappa shape index (κ3) is 5.15. The molecule has 0 atom stereocenters. The minimum atomic E-state index is -0.0597. The van der Waals surface area contributed by atoms with Crippen molar-refractivity contribution < 1.29 is 19.1 Å². The average molecular weight is 380 g/mol. The molecule has 7 heteroatoms. The van der Waals surface area contributed by atoms with Crippen LogP contribution in [0.4, 0.5) is 0 Å². The molecular weight excluding hydrogens is 346 g/mol. The number of carbonyl (C=O) groups is 2. The molecule has 0 bridgehead atoms. The SMILES string of the molecule is CCN1CCN(C(=O)CCC2CCN(C(=O)C3=C(C)OCCO3)CC2)CC1. The van der Waals surface area contributed by atoms with Gasteiger partial charge in [0.2, 0.25) is 11.7 Å². The standard InChI is InChI=1S/C20H33N3O4/c1-3-21-10-12-22(13-11-21)18(24)5-4-17-6-8-23(9-7-17)20(25)19-16(2)26-14-15-27-19/h17H,3-15H2,1-2H3. The maximum absolute atomic E-state index is 12.6. The zero-order valence-corrected chi connectivity index (χ0v) is 16.7. The van der Waals surface area contributed by atoms with Gasteiger partial charge in [0.15, 0.2) is 0 Å². The first-order valence-corrected chi connectivity index (χ1v) is 10.3. The van der Waals surface area contributed by atoms with Crippen molar-refractivity contribution >= 4 is 11.8 Å². The number of amides is 2. The van der Waals surface area contributed by atoms with Crippen LogP contribution in [-0.4, -0.2) is 85.5 Å². The molecule has 2 fully saturated rings. The third-order valence-corrected chi connectivity index (χ3v) is 6.00. The number of likely N-dealkylation sites (N-methyl/N-ethyl adjacent to an activating group) is 1. The maximum Gasteiger partial charge on any atom is 0.292 e. The lowest BCUT2D eigenvalue weighted by molar-refractivity contribution is -0.135. The Hall–Kier alpha value is -1.76. The summed E-state index contributed by atoms with van der Waals surface area (Å²) in [7, 11) is 0. The largest absolute Gasteiger partial charge is 0.491 e. The number of hydrogen-bond donors (Lipinski definition) is 0. The number of nitrogens with zero attached hydrogens (tertiary/aromatic N) is 3. The lowest BCUT2D eigenvalue weighted by Crippen LogP contribution is -2.48. The van der Waals surface area contributed by atoms with Gasteiger partial charge in [-0.2, -0.15) is 0 Å². The van der Waals surface area contributed by atoms with E-state index in [9.17, 15) is 9.59 Å². The number of rotatable bonds is 5. The number of piperidine rings is 1. The highest BCUT2D eigenvalue weighted by Gasteiger charge is 2.29. The van der Waals surface area contributed by atoms with Gasteiger partial charge in [0.05, 0.1) is 0 Å². The Morgan fingerprint density at radius 2 is 1.63 bits per heavy atom. The molecule has 0 aromatic rings. The van der Waals surface area contributed by atoms with Crippen molar-refractivity contribution in [3.8, 4) is 0 Å². The summed E-state index contributed by atoms with van der Waals surface area (Å²) in [6.07, 6.45) is 3.47. The topological polar surface area (TPSA) is 62.3 Å². The first-order valence-electron chi connectivity index (χ1n) is 10.3. The molecule has 27 heavy (non-hydrogen) atoms. The predicted octanol–water partition coefficient (Wildman–Crippen LogP) is 1.45. The quantitative estimate of drug-likeness (QED) is 0.724. The molecule has 0 unspecified atom stereocenters. The van der Waals surface area contributed by atoms with Gasteiger partial charge in [-0.15, -0.1) is 0 Å².